The van der Waals surface area contributed by atoms with Crippen LogP contribution >= 0.6 is 0 Å². The molecule has 0 aliphatic carbocycles. The number of amides is 2. The van der Waals surface area contributed by atoms with Gasteiger partial charge in [0, 0.05) is 38.4 Å². The lowest BCUT2D eigenvalue weighted by Gasteiger charge is -2.11. The quantitative estimate of drug-likeness (QED) is 0.665. The van der Waals surface area contributed by atoms with Gasteiger partial charge in [0.15, 0.2) is 0 Å². The van der Waals surface area contributed by atoms with Crippen molar-refractivity contribution in [3.8, 4) is 0 Å². The molecule has 1 fully saturated rings. The number of carbonyl (C=O) groups is 1. The number of carbonyl (C=O) groups excluding carboxylic acids is 1. The number of hydrogen-bond donors (Lipinski definition) is 3. The highest BCUT2D eigenvalue weighted by Crippen LogP contribution is 2.10. The second-order valence-corrected chi connectivity index (χ2v) is 4.51. The van der Waals surface area contributed by atoms with Crippen LogP contribution in [-0.2, 0) is 4.74 Å². The van der Waals surface area contributed by atoms with E-state index in [2.05, 4.69) is 20.9 Å². The van der Waals surface area contributed by atoms with E-state index in [0.717, 1.165) is 25.5 Å². The Morgan fingerprint density at radius 2 is 2.32 bits per heavy atom. The molecule has 104 valence electrons. The number of anilines is 1. The smallest absolute Gasteiger partial charge is 0.314 e. The average Bonchev–Trinajstić information content (AvgIpc) is 2.96. The first-order valence-corrected chi connectivity index (χ1v) is 6.59. The van der Waals surface area contributed by atoms with E-state index < -0.39 is 0 Å². The number of ether oxygens (including phenoxy) is 1. The van der Waals surface area contributed by atoms with Crippen molar-refractivity contribution in [2.24, 2.45) is 5.92 Å². The van der Waals surface area contributed by atoms with Gasteiger partial charge < -0.3 is 20.7 Å². The summed E-state index contributed by atoms with van der Waals surface area (Å²) >= 11 is 0. The van der Waals surface area contributed by atoms with Crippen molar-refractivity contribution in [1.29, 1.82) is 0 Å². The second-order valence-electron chi connectivity index (χ2n) is 4.51. The van der Waals surface area contributed by atoms with Crippen LogP contribution in [0.2, 0.25) is 0 Å². The molecule has 6 heteroatoms. The van der Waals surface area contributed by atoms with Gasteiger partial charge in [-0.25, -0.2) is 9.78 Å². The van der Waals surface area contributed by atoms with E-state index in [1.165, 1.54) is 0 Å². The third-order valence-electron chi connectivity index (χ3n) is 2.96. The summed E-state index contributed by atoms with van der Waals surface area (Å²) in [6, 6.07) is 5.54. The lowest BCUT2D eigenvalue weighted by atomic mass is 10.1. The second kappa shape index (κ2) is 7.58. The summed E-state index contributed by atoms with van der Waals surface area (Å²) in [5.41, 5.74) is 0. The summed E-state index contributed by atoms with van der Waals surface area (Å²) < 4.78 is 5.25. The van der Waals surface area contributed by atoms with E-state index >= 15 is 0 Å². The van der Waals surface area contributed by atoms with Crippen LogP contribution in [-0.4, -0.2) is 43.9 Å². The highest BCUT2D eigenvalue weighted by Gasteiger charge is 2.15. The lowest BCUT2D eigenvalue weighted by molar-refractivity contribution is 0.185. The lowest BCUT2D eigenvalue weighted by Crippen LogP contribution is -2.40. The highest BCUT2D eigenvalue weighted by molar-refractivity contribution is 5.73. The van der Waals surface area contributed by atoms with Crippen LogP contribution in [0.1, 0.15) is 6.42 Å². The van der Waals surface area contributed by atoms with E-state index in [4.69, 9.17) is 4.74 Å². The summed E-state index contributed by atoms with van der Waals surface area (Å²) in [5.74, 6) is 1.27. The van der Waals surface area contributed by atoms with E-state index in [9.17, 15) is 4.79 Å². The Labute approximate surface area is 112 Å². The summed E-state index contributed by atoms with van der Waals surface area (Å²) in [6.45, 7) is 3.45. The third kappa shape index (κ3) is 5.13. The molecule has 1 aliphatic rings. The molecule has 2 rings (SSSR count). The Hall–Kier alpha value is -1.82. The van der Waals surface area contributed by atoms with Gasteiger partial charge in [0.1, 0.15) is 5.82 Å². The van der Waals surface area contributed by atoms with Crippen LogP contribution in [0.15, 0.2) is 24.4 Å². The minimum absolute atomic E-state index is 0.130. The van der Waals surface area contributed by atoms with E-state index in [1.807, 2.05) is 18.2 Å². The van der Waals surface area contributed by atoms with Gasteiger partial charge in [-0.3, -0.25) is 0 Å². The molecular weight excluding hydrogens is 244 g/mol. The number of pyridine rings is 1. The van der Waals surface area contributed by atoms with E-state index in [1.54, 1.807) is 6.20 Å². The molecule has 0 saturated carbocycles. The molecule has 0 radical (unpaired) electrons. The average molecular weight is 264 g/mol. The van der Waals surface area contributed by atoms with Crippen LogP contribution in [0.5, 0.6) is 0 Å². The molecule has 6 nitrogen and oxygen atoms in total. The molecular formula is C13H20N4O2. The number of hydrogen-bond acceptors (Lipinski definition) is 4. The van der Waals surface area contributed by atoms with Crippen LogP contribution in [0.4, 0.5) is 10.6 Å². The molecule has 3 N–H and O–H groups in total. The van der Waals surface area contributed by atoms with Crippen LogP contribution < -0.4 is 16.0 Å². The van der Waals surface area contributed by atoms with Crippen molar-refractivity contribution in [2.75, 3.05) is 38.2 Å². The molecule has 0 unspecified atom stereocenters. The third-order valence-corrected chi connectivity index (χ3v) is 2.96. The Kier molecular flexibility index (Phi) is 5.43. The van der Waals surface area contributed by atoms with E-state index in [-0.39, 0.29) is 6.03 Å². The fourth-order valence-corrected chi connectivity index (χ4v) is 1.88. The first kappa shape index (κ1) is 13.6. The fraction of sp³-hybridized carbons (Fsp3) is 0.538. The van der Waals surface area contributed by atoms with Crippen LogP contribution in [0.3, 0.4) is 0 Å². The minimum Gasteiger partial charge on any atom is -0.381 e. The fourth-order valence-electron chi connectivity index (χ4n) is 1.88. The first-order chi connectivity index (χ1) is 9.34. The zero-order valence-corrected chi connectivity index (χ0v) is 10.9. The van der Waals surface area contributed by atoms with Crippen molar-refractivity contribution in [2.45, 2.75) is 6.42 Å². The molecule has 2 heterocycles. The molecule has 1 aromatic heterocycles. The Balaban J connectivity index is 1.51. The number of aromatic nitrogens is 1. The Morgan fingerprint density at radius 1 is 1.37 bits per heavy atom. The molecule has 1 aliphatic heterocycles. The van der Waals surface area contributed by atoms with Gasteiger partial charge in [-0.2, -0.15) is 0 Å². The van der Waals surface area contributed by atoms with Gasteiger partial charge in [0.2, 0.25) is 0 Å². The zero-order valence-electron chi connectivity index (χ0n) is 10.9. The molecule has 0 spiro atoms. The Bertz CT molecular complexity index is 379. The zero-order chi connectivity index (χ0) is 13.3. The summed E-state index contributed by atoms with van der Waals surface area (Å²) in [5, 5.41) is 8.77. The van der Waals surface area contributed by atoms with Crippen LogP contribution in [0.25, 0.3) is 0 Å². The van der Waals surface area contributed by atoms with E-state index in [0.29, 0.717) is 25.6 Å². The summed E-state index contributed by atoms with van der Waals surface area (Å²) in [7, 11) is 0. The number of urea groups is 1. The Morgan fingerprint density at radius 3 is 3.05 bits per heavy atom. The molecule has 19 heavy (non-hydrogen) atoms. The summed E-state index contributed by atoms with van der Waals surface area (Å²) in [4.78, 5) is 15.6. The topological polar surface area (TPSA) is 75.3 Å². The van der Waals surface area contributed by atoms with Crippen LogP contribution in [0, 0.1) is 5.92 Å². The maximum Gasteiger partial charge on any atom is 0.314 e. The number of nitrogens with zero attached hydrogens (tertiary/aromatic N) is 1. The molecule has 1 aromatic rings. The molecule has 0 aromatic carbocycles. The first-order valence-electron chi connectivity index (χ1n) is 6.59. The van der Waals surface area contributed by atoms with Gasteiger partial charge >= 0.3 is 6.03 Å². The van der Waals surface area contributed by atoms with Crippen molar-refractivity contribution < 1.29 is 9.53 Å². The maximum atomic E-state index is 11.5. The van der Waals surface area contributed by atoms with Gasteiger partial charge in [-0.05, 0) is 18.6 Å². The monoisotopic (exact) mass is 264 g/mol. The van der Waals surface area contributed by atoms with Crippen molar-refractivity contribution in [3.63, 3.8) is 0 Å². The standard InChI is InChI=1S/C13H20N4O2/c18-13(17-9-11-4-8-19-10-11)16-7-6-15-12-3-1-2-5-14-12/h1-3,5,11H,4,6-10H2,(H,14,15)(H2,16,17,18)/t11-/m0/s1. The minimum atomic E-state index is -0.130. The number of nitrogens with one attached hydrogen (secondary N) is 3. The van der Waals surface area contributed by atoms with Crippen molar-refractivity contribution in [1.82, 2.24) is 15.6 Å². The highest BCUT2D eigenvalue weighted by atomic mass is 16.5. The van der Waals surface area contributed by atoms with Crippen molar-refractivity contribution in [3.05, 3.63) is 24.4 Å². The summed E-state index contributed by atoms with van der Waals surface area (Å²) in [6.07, 6.45) is 2.76. The van der Waals surface area contributed by atoms with Gasteiger partial charge in [-0.1, -0.05) is 6.07 Å². The molecule has 1 atom stereocenters. The predicted molar refractivity (Wildman–Crippen MR) is 73.1 cm³/mol. The van der Waals surface area contributed by atoms with Crippen molar-refractivity contribution >= 4 is 11.8 Å². The maximum absolute atomic E-state index is 11.5. The normalized spacial score (nSPS) is 18.0. The SMILES string of the molecule is O=C(NCCNc1ccccn1)NC[C@@H]1CCOC1. The molecule has 0 bridgehead atoms. The molecule has 2 amide bonds. The largest absolute Gasteiger partial charge is 0.381 e. The predicted octanol–water partition coefficient (Wildman–Crippen LogP) is 0.829. The number of rotatable bonds is 6. The van der Waals surface area contributed by atoms with Gasteiger partial charge in [-0.15, -0.1) is 0 Å². The van der Waals surface area contributed by atoms with Gasteiger partial charge in [0.25, 0.3) is 0 Å². The van der Waals surface area contributed by atoms with Gasteiger partial charge in [0.05, 0.1) is 6.61 Å². The molecule has 1 saturated heterocycles.